The molecule has 0 aliphatic carbocycles. The first-order valence-corrected chi connectivity index (χ1v) is 5.58. The van der Waals surface area contributed by atoms with E-state index in [1.165, 1.54) is 0 Å². The van der Waals surface area contributed by atoms with Crippen molar-refractivity contribution in [2.75, 3.05) is 0 Å². The van der Waals surface area contributed by atoms with Crippen LogP contribution in [0.3, 0.4) is 0 Å². The summed E-state index contributed by atoms with van der Waals surface area (Å²) in [5.74, 6) is 0.0115. The molecule has 2 heterocycles. The van der Waals surface area contributed by atoms with Gasteiger partial charge in [0.25, 0.3) is 0 Å². The summed E-state index contributed by atoms with van der Waals surface area (Å²) in [5, 5.41) is 1.88. The minimum atomic E-state index is 0.0115. The fourth-order valence-electron chi connectivity index (χ4n) is 1.42. The highest BCUT2D eigenvalue weighted by atomic mass is 32.1. The van der Waals surface area contributed by atoms with E-state index in [1.54, 1.807) is 17.5 Å². The quantitative estimate of drug-likeness (QED) is 0.724. The molecule has 0 aliphatic heterocycles. The molecule has 0 aromatic carbocycles. The van der Waals surface area contributed by atoms with Crippen molar-refractivity contribution >= 4 is 17.1 Å². The molecule has 76 valence electrons. The van der Waals surface area contributed by atoms with E-state index < -0.39 is 0 Å². The Hall–Kier alpha value is -1.48. The maximum absolute atomic E-state index is 12.0. The number of carbonyl (C=O) groups excluding carboxylic acids is 1. The number of pyridine rings is 1. The lowest BCUT2D eigenvalue weighted by molar-refractivity contribution is 0.103. The number of carbonyl (C=O) groups is 1. The molecule has 3 heteroatoms. The summed E-state index contributed by atoms with van der Waals surface area (Å²) in [7, 11) is 0. The Balaban J connectivity index is 2.41. The van der Waals surface area contributed by atoms with Crippen LogP contribution < -0.4 is 0 Å². The van der Waals surface area contributed by atoms with Gasteiger partial charge in [-0.25, -0.2) is 0 Å². The molecule has 0 radical (unpaired) electrons. The van der Waals surface area contributed by atoms with Crippen LogP contribution in [0.25, 0.3) is 0 Å². The van der Waals surface area contributed by atoms with Crippen LogP contribution in [-0.4, -0.2) is 10.8 Å². The predicted molar refractivity (Wildman–Crippen MR) is 61.5 cm³/mol. The van der Waals surface area contributed by atoms with Gasteiger partial charge >= 0.3 is 0 Å². The molecule has 0 amide bonds. The molecule has 2 aromatic rings. The van der Waals surface area contributed by atoms with E-state index in [9.17, 15) is 4.79 Å². The molecule has 2 rings (SSSR count). The second-order valence-electron chi connectivity index (χ2n) is 3.44. The van der Waals surface area contributed by atoms with Crippen LogP contribution in [0, 0.1) is 13.8 Å². The third-order valence-corrected chi connectivity index (χ3v) is 3.08. The van der Waals surface area contributed by atoms with Crippen molar-refractivity contribution in [3.05, 3.63) is 51.5 Å². The van der Waals surface area contributed by atoms with E-state index in [0.29, 0.717) is 5.69 Å². The normalized spacial score (nSPS) is 10.3. The lowest BCUT2D eigenvalue weighted by atomic mass is 10.1. The van der Waals surface area contributed by atoms with Crippen molar-refractivity contribution in [1.82, 2.24) is 4.98 Å². The first kappa shape index (κ1) is 10.1. The molecule has 0 unspecified atom stereocenters. The lowest BCUT2D eigenvalue weighted by Gasteiger charge is -2.00. The second-order valence-corrected chi connectivity index (χ2v) is 4.56. The average Bonchev–Trinajstić information content (AvgIpc) is 2.65. The minimum absolute atomic E-state index is 0.0115. The molecule has 0 fully saturated rings. The van der Waals surface area contributed by atoms with Gasteiger partial charge in [-0.05, 0) is 31.5 Å². The smallest absolute Gasteiger partial charge is 0.212 e. The largest absolute Gasteiger partial charge is 0.287 e. The minimum Gasteiger partial charge on any atom is -0.287 e. The third-order valence-electron chi connectivity index (χ3n) is 2.22. The molecule has 0 spiro atoms. The van der Waals surface area contributed by atoms with Gasteiger partial charge in [0, 0.05) is 22.0 Å². The average molecular weight is 217 g/mol. The fourth-order valence-corrected chi connectivity index (χ4v) is 2.11. The SMILES string of the molecule is Cc1cc(C(=O)c2ncccc2C)cs1. The highest BCUT2D eigenvalue weighted by Gasteiger charge is 2.13. The van der Waals surface area contributed by atoms with E-state index >= 15 is 0 Å². The summed E-state index contributed by atoms with van der Waals surface area (Å²) in [5.41, 5.74) is 2.21. The Bertz CT molecular complexity index is 502. The Morgan fingerprint density at radius 2 is 2.20 bits per heavy atom. The Kier molecular flexibility index (Phi) is 2.64. The molecule has 15 heavy (non-hydrogen) atoms. The summed E-state index contributed by atoms with van der Waals surface area (Å²) in [4.78, 5) is 17.3. The summed E-state index contributed by atoms with van der Waals surface area (Å²) < 4.78 is 0. The molecule has 0 atom stereocenters. The first-order valence-electron chi connectivity index (χ1n) is 4.70. The maximum atomic E-state index is 12.0. The zero-order chi connectivity index (χ0) is 10.8. The number of aryl methyl sites for hydroxylation is 2. The first-order chi connectivity index (χ1) is 7.18. The molecular weight excluding hydrogens is 206 g/mol. The molecular formula is C12H11NOS. The van der Waals surface area contributed by atoms with Gasteiger partial charge in [-0.2, -0.15) is 0 Å². The zero-order valence-corrected chi connectivity index (χ0v) is 9.47. The monoisotopic (exact) mass is 217 g/mol. The van der Waals surface area contributed by atoms with Gasteiger partial charge in [-0.1, -0.05) is 6.07 Å². The van der Waals surface area contributed by atoms with Crippen LogP contribution in [0.2, 0.25) is 0 Å². The van der Waals surface area contributed by atoms with E-state index in [-0.39, 0.29) is 5.78 Å². The van der Waals surface area contributed by atoms with Crippen LogP contribution in [0.5, 0.6) is 0 Å². The van der Waals surface area contributed by atoms with E-state index in [4.69, 9.17) is 0 Å². The van der Waals surface area contributed by atoms with Crippen LogP contribution in [0.1, 0.15) is 26.5 Å². The number of hydrogen-bond donors (Lipinski definition) is 0. The molecule has 0 N–H and O–H groups in total. The molecule has 2 nitrogen and oxygen atoms in total. The van der Waals surface area contributed by atoms with Gasteiger partial charge in [0.2, 0.25) is 5.78 Å². The van der Waals surface area contributed by atoms with Crippen LogP contribution >= 0.6 is 11.3 Å². The van der Waals surface area contributed by atoms with Crippen molar-refractivity contribution in [2.24, 2.45) is 0 Å². The molecule has 0 bridgehead atoms. The topological polar surface area (TPSA) is 30.0 Å². The van der Waals surface area contributed by atoms with Gasteiger partial charge in [0.15, 0.2) is 0 Å². The van der Waals surface area contributed by atoms with Crippen LogP contribution in [0.15, 0.2) is 29.8 Å². The molecule has 0 aliphatic rings. The highest BCUT2D eigenvalue weighted by molar-refractivity contribution is 7.10. The lowest BCUT2D eigenvalue weighted by Crippen LogP contribution is -2.04. The van der Waals surface area contributed by atoms with E-state index in [1.807, 2.05) is 37.4 Å². The summed E-state index contributed by atoms with van der Waals surface area (Å²) in [6.07, 6.45) is 1.65. The van der Waals surface area contributed by atoms with Crippen molar-refractivity contribution in [2.45, 2.75) is 13.8 Å². The molecule has 0 saturated heterocycles. The van der Waals surface area contributed by atoms with E-state index in [0.717, 1.165) is 16.0 Å². The zero-order valence-electron chi connectivity index (χ0n) is 8.65. The highest BCUT2D eigenvalue weighted by Crippen LogP contribution is 2.17. The van der Waals surface area contributed by atoms with Crippen molar-refractivity contribution in [1.29, 1.82) is 0 Å². The van der Waals surface area contributed by atoms with Crippen molar-refractivity contribution in [3.8, 4) is 0 Å². The van der Waals surface area contributed by atoms with Crippen LogP contribution in [-0.2, 0) is 0 Å². The fraction of sp³-hybridized carbons (Fsp3) is 0.167. The number of rotatable bonds is 2. The van der Waals surface area contributed by atoms with Crippen molar-refractivity contribution < 1.29 is 4.79 Å². The Labute approximate surface area is 92.6 Å². The number of hydrogen-bond acceptors (Lipinski definition) is 3. The van der Waals surface area contributed by atoms with Crippen LogP contribution in [0.4, 0.5) is 0 Å². The van der Waals surface area contributed by atoms with Gasteiger partial charge in [-0.15, -0.1) is 11.3 Å². The summed E-state index contributed by atoms with van der Waals surface area (Å²) in [6.45, 7) is 3.90. The Morgan fingerprint density at radius 1 is 1.40 bits per heavy atom. The number of aromatic nitrogens is 1. The third kappa shape index (κ3) is 1.97. The predicted octanol–water partition coefficient (Wildman–Crippen LogP) is 2.99. The van der Waals surface area contributed by atoms with Gasteiger partial charge in [-0.3, -0.25) is 9.78 Å². The second kappa shape index (κ2) is 3.95. The Morgan fingerprint density at radius 3 is 2.80 bits per heavy atom. The van der Waals surface area contributed by atoms with Gasteiger partial charge in [0.1, 0.15) is 5.69 Å². The molecule has 2 aromatic heterocycles. The molecule has 0 saturated carbocycles. The standard InChI is InChI=1S/C12H11NOS/c1-8-4-3-5-13-11(8)12(14)10-6-9(2)15-7-10/h3-7H,1-2H3. The summed E-state index contributed by atoms with van der Waals surface area (Å²) in [6, 6.07) is 5.64. The van der Waals surface area contributed by atoms with E-state index in [2.05, 4.69) is 4.98 Å². The van der Waals surface area contributed by atoms with Crippen molar-refractivity contribution in [3.63, 3.8) is 0 Å². The number of ketones is 1. The number of thiophene rings is 1. The summed E-state index contributed by atoms with van der Waals surface area (Å²) >= 11 is 1.58. The maximum Gasteiger partial charge on any atom is 0.212 e. The van der Waals surface area contributed by atoms with Gasteiger partial charge in [0.05, 0.1) is 0 Å². The number of nitrogens with zero attached hydrogens (tertiary/aromatic N) is 1. The van der Waals surface area contributed by atoms with Gasteiger partial charge < -0.3 is 0 Å².